The summed E-state index contributed by atoms with van der Waals surface area (Å²) in [5.41, 5.74) is 1.62. The molecule has 3 nitrogen and oxygen atoms in total. The second-order valence-corrected chi connectivity index (χ2v) is 8.54. The highest BCUT2D eigenvalue weighted by Gasteiger charge is 2.52. The Morgan fingerprint density at radius 1 is 0.778 bits per heavy atom. The molecule has 136 valence electrons. The van der Waals surface area contributed by atoms with Crippen molar-refractivity contribution in [3.05, 3.63) is 53.6 Å². The van der Waals surface area contributed by atoms with Crippen molar-refractivity contribution in [1.82, 2.24) is 0 Å². The molecule has 1 aliphatic rings. The van der Waals surface area contributed by atoms with Crippen LogP contribution in [-0.2, 0) is 9.31 Å². The van der Waals surface area contributed by atoms with E-state index < -0.39 is 18.3 Å². The molecule has 0 aliphatic carbocycles. The monoisotopic (exact) mass is 378 g/mol. The normalized spacial score (nSPS) is 18.8. The quantitative estimate of drug-likeness (QED) is 0.399. The van der Waals surface area contributed by atoms with Crippen molar-refractivity contribution in [3.8, 4) is 0 Å². The molecule has 0 bridgehead atoms. The van der Waals surface area contributed by atoms with Crippen LogP contribution < -0.4 is 5.46 Å². The summed E-state index contributed by atoms with van der Waals surface area (Å²) < 4.78 is 19.0. The first-order chi connectivity index (χ1) is 12.8. The zero-order valence-electron chi connectivity index (χ0n) is 15.8. The first-order valence-electron chi connectivity index (χ1n) is 9.17. The van der Waals surface area contributed by atoms with Gasteiger partial charge in [-0.05, 0) is 39.1 Å². The Morgan fingerprint density at radius 2 is 1.33 bits per heavy atom. The number of fused-ring (bicyclic) bond motifs is 4. The van der Waals surface area contributed by atoms with Crippen LogP contribution in [0.15, 0.2) is 52.9 Å². The Balaban J connectivity index is 1.93. The fourth-order valence-electron chi connectivity index (χ4n) is 3.84. The number of para-hydroxylation sites is 1. The van der Waals surface area contributed by atoms with Gasteiger partial charge in [0.25, 0.3) is 0 Å². The number of furan rings is 1. The minimum Gasteiger partial charge on any atom is -0.454 e. The molecule has 1 saturated heterocycles. The van der Waals surface area contributed by atoms with Gasteiger partial charge in [0.15, 0.2) is 5.58 Å². The minimum atomic E-state index is -0.499. The van der Waals surface area contributed by atoms with Crippen LogP contribution >= 0.6 is 11.6 Å². The lowest BCUT2D eigenvalue weighted by Crippen LogP contribution is -2.41. The van der Waals surface area contributed by atoms with Gasteiger partial charge in [0.2, 0.25) is 0 Å². The Bertz CT molecular complexity index is 1190. The van der Waals surface area contributed by atoms with E-state index in [2.05, 4.69) is 39.8 Å². The maximum Gasteiger partial charge on any atom is 0.496 e. The number of hydrogen-bond acceptors (Lipinski definition) is 3. The van der Waals surface area contributed by atoms with Gasteiger partial charge in [0, 0.05) is 21.6 Å². The standard InChI is InChI=1S/C22H20BClO3/c1-21(2)22(3,4)27-23(26-21)18-13-9-5-6-10-14(13)19(24)20-17(18)15-11-7-8-12-16(15)25-20/h5-12H,1-4H3. The van der Waals surface area contributed by atoms with E-state index in [-0.39, 0.29) is 0 Å². The first-order valence-corrected chi connectivity index (χ1v) is 9.55. The molecule has 0 N–H and O–H groups in total. The van der Waals surface area contributed by atoms with E-state index in [9.17, 15) is 0 Å². The Labute approximate surface area is 163 Å². The van der Waals surface area contributed by atoms with E-state index in [0.717, 1.165) is 32.6 Å². The van der Waals surface area contributed by atoms with Crippen LogP contribution in [0.1, 0.15) is 27.7 Å². The minimum absolute atomic E-state index is 0.426. The summed E-state index contributed by atoms with van der Waals surface area (Å²) in [6, 6.07) is 16.1. The van der Waals surface area contributed by atoms with Crippen LogP contribution in [0.4, 0.5) is 0 Å². The SMILES string of the molecule is CC1(C)OB(c2c3ccccc3c(Cl)c3oc4ccccc4c23)OC1(C)C. The third-order valence-corrected chi connectivity index (χ3v) is 6.38. The van der Waals surface area contributed by atoms with Crippen molar-refractivity contribution in [3.63, 3.8) is 0 Å². The van der Waals surface area contributed by atoms with Crippen molar-refractivity contribution in [1.29, 1.82) is 0 Å². The van der Waals surface area contributed by atoms with Gasteiger partial charge in [-0.25, -0.2) is 0 Å². The molecule has 0 radical (unpaired) electrons. The molecule has 4 aromatic rings. The zero-order valence-corrected chi connectivity index (χ0v) is 16.6. The second kappa shape index (κ2) is 5.51. The lowest BCUT2D eigenvalue weighted by atomic mass is 9.73. The molecule has 27 heavy (non-hydrogen) atoms. The van der Waals surface area contributed by atoms with Gasteiger partial charge < -0.3 is 13.7 Å². The molecule has 2 heterocycles. The first kappa shape index (κ1) is 17.1. The number of halogens is 1. The molecule has 0 unspecified atom stereocenters. The van der Waals surface area contributed by atoms with Gasteiger partial charge in [-0.3, -0.25) is 0 Å². The van der Waals surface area contributed by atoms with Crippen LogP contribution in [0.2, 0.25) is 5.02 Å². The van der Waals surface area contributed by atoms with Gasteiger partial charge in [-0.15, -0.1) is 0 Å². The molecular weight excluding hydrogens is 359 g/mol. The van der Waals surface area contributed by atoms with Crippen LogP contribution in [0.25, 0.3) is 32.7 Å². The fraction of sp³-hybridized carbons (Fsp3) is 0.273. The van der Waals surface area contributed by atoms with E-state index in [1.165, 1.54) is 0 Å². The van der Waals surface area contributed by atoms with Crippen molar-refractivity contribution >= 4 is 56.9 Å². The van der Waals surface area contributed by atoms with E-state index in [4.69, 9.17) is 25.3 Å². The highest BCUT2D eigenvalue weighted by Crippen LogP contribution is 2.41. The zero-order chi connectivity index (χ0) is 19.0. The number of benzene rings is 3. The Hall–Kier alpha value is -2.01. The van der Waals surface area contributed by atoms with Crippen LogP contribution in [-0.4, -0.2) is 18.3 Å². The highest BCUT2D eigenvalue weighted by atomic mass is 35.5. The summed E-state index contributed by atoms with van der Waals surface area (Å²) in [6.45, 7) is 8.26. The summed E-state index contributed by atoms with van der Waals surface area (Å²) in [7, 11) is -0.499. The highest BCUT2D eigenvalue weighted by molar-refractivity contribution is 6.70. The predicted molar refractivity (Wildman–Crippen MR) is 112 cm³/mol. The molecule has 0 spiro atoms. The lowest BCUT2D eigenvalue weighted by Gasteiger charge is -2.32. The van der Waals surface area contributed by atoms with Crippen molar-refractivity contribution in [2.24, 2.45) is 0 Å². The summed E-state index contributed by atoms with van der Waals surface area (Å²) in [4.78, 5) is 0. The number of rotatable bonds is 1. The van der Waals surface area contributed by atoms with Crippen LogP contribution in [0.5, 0.6) is 0 Å². The maximum atomic E-state index is 6.76. The van der Waals surface area contributed by atoms with Crippen molar-refractivity contribution in [2.75, 3.05) is 0 Å². The maximum absolute atomic E-state index is 6.76. The van der Waals surface area contributed by atoms with Gasteiger partial charge in [0.1, 0.15) is 5.58 Å². The topological polar surface area (TPSA) is 31.6 Å². The summed E-state index contributed by atoms with van der Waals surface area (Å²) in [5, 5.41) is 4.57. The Kier molecular flexibility index (Phi) is 3.49. The molecule has 5 heteroatoms. The second-order valence-electron chi connectivity index (χ2n) is 8.16. The average Bonchev–Trinajstić information content (AvgIpc) is 3.10. The van der Waals surface area contributed by atoms with E-state index in [1.54, 1.807) is 0 Å². The molecule has 1 aromatic heterocycles. The summed E-state index contributed by atoms with van der Waals surface area (Å²) in [5.74, 6) is 0. The summed E-state index contributed by atoms with van der Waals surface area (Å²) >= 11 is 6.76. The van der Waals surface area contributed by atoms with Gasteiger partial charge in [-0.2, -0.15) is 0 Å². The van der Waals surface area contributed by atoms with Gasteiger partial charge in [-0.1, -0.05) is 54.1 Å². The van der Waals surface area contributed by atoms with E-state index in [0.29, 0.717) is 10.6 Å². The third kappa shape index (κ3) is 2.30. The Morgan fingerprint density at radius 3 is 2.00 bits per heavy atom. The molecule has 0 saturated carbocycles. The molecule has 0 amide bonds. The third-order valence-electron chi connectivity index (χ3n) is 6.01. The molecule has 1 fully saturated rings. The molecule has 3 aromatic carbocycles. The predicted octanol–water partition coefficient (Wildman–Crippen LogP) is 5.69. The van der Waals surface area contributed by atoms with Crippen LogP contribution in [0.3, 0.4) is 0 Å². The van der Waals surface area contributed by atoms with Crippen molar-refractivity contribution < 1.29 is 13.7 Å². The average molecular weight is 379 g/mol. The summed E-state index contributed by atoms with van der Waals surface area (Å²) in [6.07, 6.45) is 0. The smallest absolute Gasteiger partial charge is 0.454 e. The van der Waals surface area contributed by atoms with E-state index in [1.807, 2.05) is 36.4 Å². The lowest BCUT2D eigenvalue weighted by molar-refractivity contribution is 0.00578. The van der Waals surface area contributed by atoms with Crippen LogP contribution in [0, 0.1) is 0 Å². The number of hydrogen-bond donors (Lipinski definition) is 0. The van der Waals surface area contributed by atoms with E-state index >= 15 is 0 Å². The van der Waals surface area contributed by atoms with Crippen molar-refractivity contribution in [2.45, 2.75) is 38.9 Å². The fourth-order valence-corrected chi connectivity index (χ4v) is 4.14. The molecule has 5 rings (SSSR count). The molecule has 1 aliphatic heterocycles. The van der Waals surface area contributed by atoms with Gasteiger partial charge >= 0.3 is 7.12 Å². The molecule has 0 atom stereocenters. The largest absolute Gasteiger partial charge is 0.496 e. The van der Waals surface area contributed by atoms with Gasteiger partial charge in [0.05, 0.1) is 16.2 Å². The molecular formula is C22H20BClO3.